The molecule has 0 radical (unpaired) electrons. The Morgan fingerprint density at radius 3 is 2.39 bits per heavy atom. The molecule has 49 heavy (non-hydrogen) atoms. The number of anilines is 1. The van der Waals surface area contributed by atoms with E-state index in [0.717, 1.165) is 116 Å². The van der Waals surface area contributed by atoms with Crippen LogP contribution in [0.15, 0.2) is 85.3 Å². The van der Waals surface area contributed by atoms with Gasteiger partial charge in [-0.05, 0) is 67.6 Å². The third-order valence-corrected chi connectivity index (χ3v) is 10.8. The maximum atomic E-state index is 14.1. The zero-order valence-corrected chi connectivity index (χ0v) is 28.6. The van der Waals surface area contributed by atoms with E-state index in [1.165, 1.54) is 5.56 Å². The van der Waals surface area contributed by atoms with Crippen molar-refractivity contribution in [3.63, 3.8) is 0 Å². The predicted octanol–water partition coefficient (Wildman–Crippen LogP) is 6.46. The minimum atomic E-state index is 0.0906. The molecule has 2 aromatic heterocycles. The third-order valence-electron chi connectivity index (χ3n) is 10.8. The van der Waals surface area contributed by atoms with Gasteiger partial charge >= 0.3 is 6.03 Å². The van der Waals surface area contributed by atoms with Crippen LogP contribution in [0.5, 0.6) is 0 Å². The van der Waals surface area contributed by atoms with Gasteiger partial charge in [-0.1, -0.05) is 60.7 Å². The minimum absolute atomic E-state index is 0.0906. The molecule has 5 heterocycles. The summed E-state index contributed by atoms with van der Waals surface area (Å²) >= 11 is 0. The Bertz CT molecular complexity index is 1990. The third kappa shape index (κ3) is 6.01. The number of nitrogens with zero attached hydrogens (tertiary/aromatic N) is 7. The first-order valence-corrected chi connectivity index (χ1v) is 17.8. The number of aryl methyl sites for hydroxylation is 2. The number of likely N-dealkylation sites (tertiary alicyclic amines) is 1. The zero-order chi connectivity index (χ0) is 33.5. The number of rotatable bonds is 5. The molecule has 2 fully saturated rings. The van der Waals surface area contributed by atoms with Crippen LogP contribution in [-0.4, -0.2) is 93.6 Å². The summed E-state index contributed by atoms with van der Waals surface area (Å²) in [4.78, 5) is 40.9. The van der Waals surface area contributed by atoms with Crippen LogP contribution in [0.2, 0.25) is 0 Å². The predicted molar refractivity (Wildman–Crippen MR) is 194 cm³/mol. The molecule has 0 N–H and O–H groups in total. The molecule has 252 valence electrons. The number of urea groups is 1. The van der Waals surface area contributed by atoms with Crippen molar-refractivity contribution < 1.29 is 9.59 Å². The number of likely N-dealkylation sites (N-methyl/N-ethyl adjacent to an activating group) is 1. The summed E-state index contributed by atoms with van der Waals surface area (Å²) in [7, 11) is 2.11. The van der Waals surface area contributed by atoms with Gasteiger partial charge in [-0.25, -0.2) is 9.78 Å². The Labute approximate surface area is 288 Å². The van der Waals surface area contributed by atoms with Crippen LogP contribution in [-0.2, 0) is 13.0 Å². The number of imidazole rings is 1. The molecule has 0 saturated carbocycles. The Morgan fingerprint density at radius 1 is 0.796 bits per heavy atom. The van der Waals surface area contributed by atoms with Crippen molar-refractivity contribution in [1.29, 1.82) is 0 Å². The van der Waals surface area contributed by atoms with Crippen LogP contribution < -0.4 is 4.90 Å². The van der Waals surface area contributed by atoms with Gasteiger partial charge in [0.15, 0.2) is 0 Å². The lowest BCUT2D eigenvalue weighted by Crippen LogP contribution is -2.48. The fourth-order valence-corrected chi connectivity index (χ4v) is 8.15. The normalized spacial score (nSPS) is 17.5. The monoisotopic (exact) mass is 655 g/mol. The standard InChI is InChI=1S/C40H45N7O2/c1-29-41-25-33(47(29)32-16-19-45(20-17-32)40(49)46-18-8-12-31-10-4-6-15-38(31)46)26-43-27-36(35-14-7-11-30-9-3-5-13-34(30)35)37(28-43)39(48)44-23-21-42(2)22-24-44/h3-7,9-11,13-15,25,27-28,32H,8,12,16-24,26H2,1-2H3. The summed E-state index contributed by atoms with van der Waals surface area (Å²) in [5.74, 6) is 1.08. The van der Waals surface area contributed by atoms with Crippen LogP contribution in [0.1, 0.15) is 52.7 Å². The second-order valence-electron chi connectivity index (χ2n) is 13.9. The highest BCUT2D eigenvalue weighted by molar-refractivity contribution is 6.06. The van der Waals surface area contributed by atoms with Gasteiger partial charge < -0.3 is 23.8 Å². The van der Waals surface area contributed by atoms with Crippen LogP contribution in [0.3, 0.4) is 0 Å². The van der Waals surface area contributed by atoms with Crippen molar-refractivity contribution in [3.8, 4) is 11.1 Å². The second-order valence-corrected chi connectivity index (χ2v) is 13.9. The SMILES string of the molecule is Cc1ncc(Cn2cc(C(=O)N3CCN(C)CC3)c(-c3cccc4ccccc34)c2)n1C1CCN(C(=O)N2CCCc3ccccc32)CC1. The van der Waals surface area contributed by atoms with Gasteiger partial charge in [0, 0.05) is 75.5 Å². The van der Waals surface area contributed by atoms with Crippen molar-refractivity contribution in [3.05, 3.63) is 108 Å². The topological polar surface area (TPSA) is 69.9 Å². The molecule has 9 nitrogen and oxygen atoms in total. The number of benzene rings is 3. The van der Waals surface area contributed by atoms with E-state index in [0.29, 0.717) is 6.54 Å². The fraction of sp³-hybridized carbons (Fsp3) is 0.375. The number of hydrogen-bond donors (Lipinski definition) is 0. The quantitative estimate of drug-likeness (QED) is 0.218. The Balaban J connectivity index is 1.04. The molecule has 0 atom stereocenters. The Morgan fingerprint density at radius 2 is 1.55 bits per heavy atom. The van der Waals surface area contributed by atoms with Crippen molar-refractivity contribution in [2.24, 2.45) is 0 Å². The number of fused-ring (bicyclic) bond motifs is 2. The van der Waals surface area contributed by atoms with E-state index in [4.69, 9.17) is 4.98 Å². The van der Waals surface area contributed by atoms with Crippen LogP contribution in [0.25, 0.3) is 21.9 Å². The second kappa shape index (κ2) is 13.2. The molecule has 3 aromatic carbocycles. The molecule has 3 amide bonds. The highest BCUT2D eigenvalue weighted by Crippen LogP contribution is 2.34. The zero-order valence-electron chi connectivity index (χ0n) is 28.6. The maximum Gasteiger partial charge on any atom is 0.324 e. The number of piperazine rings is 1. The number of para-hydroxylation sites is 1. The summed E-state index contributed by atoms with van der Waals surface area (Å²) in [5, 5.41) is 2.30. The summed E-state index contributed by atoms with van der Waals surface area (Å²) in [6.07, 6.45) is 9.97. The van der Waals surface area contributed by atoms with Gasteiger partial charge in [0.2, 0.25) is 0 Å². The van der Waals surface area contributed by atoms with Crippen LogP contribution >= 0.6 is 0 Å². The molecule has 3 aliphatic rings. The summed E-state index contributed by atoms with van der Waals surface area (Å²) in [6, 6.07) is 23.4. The van der Waals surface area contributed by atoms with Crippen molar-refractivity contribution in [2.45, 2.75) is 45.2 Å². The summed E-state index contributed by atoms with van der Waals surface area (Å²) < 4.78 is 4.54. The van der Waals surface area contributed by atoms with E-state index >= 15 is 0 Å². The number of piperidine rings is 1. The first-order chi connectivity index (χ1) is 23.9. The first kappa shape index (κ1) is 31.4. The number of amides is 3. The van der Waals surface area contributed by atoms with E-state index in [1.807, 2.05) is 33.2 Å². The number of aromatic nitrogens is 3. The van der Waals surface area contributed by atoms with Crippen molar-refractivity contribution in [2.75, 3.05) is 57.8 Å². The lowest BCUT2D eigenvalue weighted by Gasteiger charge is -2.38. The summed E-state index contributed by atoms with van der Waals surface area (Å²) in [5.41, 5.74) is 6.23. The molecular weight excluding hydrogens is 610 g/mol. The van der Waals surface area contributed by atoms with Gasteiger partial charge in [-0.3, -0.25) is 9.69 Å². The Kier molecular flexibility index (Phi) is 8.45. The highest BCUT2D eigenvalue weighted by Gasteiger charge is 2.31. The first-order valence-electron chi connectivity index (χ1n) is 17.8. The van der Waals surface area contributed by atoms with Gasteiger partial charge in [-0.2, -0.15) is 0 Å². The average Bonchev–Trinajstić information content (AvgIpc) is 3.73. The molecule has 3 aliphatic heterocycles. The van der Waals surface area contributed by atoms with Crippen LogP contribution in [0, 0.1) is 6.92 Å². The maximum absolute atomic E-state index is 14.1. The minimum Gasteiger partial charge on any atom is -0.347 e. The van der Waals surface area contributed by atoms with Gasteiger partial charge in [-0.15, -0.1) is 0 Å². The molecule has 9 heteroatoms. The summed E-state index contributed by atoms with van der Waals surface area (Å²) in [6.45, 7) is 8.12. The van der Waals surface area contributed by atoms with E-state index in [-0.39, 0.29) is 18.0 Å². The lowest BCUT2D eigenvalue weighted by molar-refractivity contribution is 0.0664. The molecule has 0 bridgehead atoms. The Hall–Kier alpha value is -4.89. The largest absolute Gasteiger partial charge is 0.347 e. The molecule has 2 saturated heterocycles. The smallest absolute Gasteiger partial charge is 0.324 e. The average molecular weight is 656 g/mol. The van der Waals surface area contributed by atoms with Gasteiger partial charge in [0.05, 0.1) is 24.0 Å². The van der Waals surface area contributed by atoms with Gasteiger partial charge in [0.25, 0.3) is 5.91 Å². The molecule has 5 aromatic rings. The molecule has 0 aliphatic carbocycles. The van der Waals surface area contributed by atoms with E-state index in [9.17, 15) is 9.59 Å². The van der Waals surface area contributed by atoms with Crippen molar-refractivity contribution >= 4 is 28.4 Å². The highest BCUT2D eigenvalue weighted by atomic mass is 16.2. The molecule has 8 rings (SSSR count). The molecular formula is C40H45N7O2. The van der Waals surface area contributed by atoms with E-state index in [2.05, 4.69) is 94.9 Å². The van der Waals surface area contributed by atoms with Gasteiger partial charge in [0.1, 0.15) is 5.82 Å². The molecule has 0 spiro atoms. The fourth-order valence-electron chi connectivity index (χ4n) is 8.15. The van der Waals surface area contributed by atoms with Crippen molar-refractivity contribution in [1.82, 2.24) is 28.8 Å². The van der Waals surface area contributed by atoms with Crippen LogP contribution in [0.4, 0.5) is 10.5 Å². The lowest BCUT2D eigenvalue weighted by atomic mass is 9.97. The number of carbonyl (C=O) groups is 2. The van der Waals surface area contributed by atoms with E-state index < -0.39 is 0 Å². The van der Waals surface area contributed by atoms with E-state index in [1.54, 1.807) is 0 Å². The molecule has 0 unspecified atom stereocenters. The number of hydrogen-bond acceptors (Lipinski definition) is 4. The number of carbonyl (C=O) groups excluding carboxylic acids is 2.